The monoisotopic (exact) mass is 350 g/mol. The van der Waals surface area contributed by atoms with E-state index >= 15 is 0 Å². The Hall–Kier alpha value is -0.750. The third-order valence-corrected chi connectivity index (χ3v) is 4.57. The van der Waals surface area contributed by atoms with Gasteiger partial charge in [-0.1, -0.05) is 13.3 Å². The molecule has 2 atom stereocenters. The highest BCUT2D eigenvalue weighted by atomic mass is 79.9. The van der Waals surface area contributed by atoms with Gasteiger partial charge in [0.2, 0.25) is 0 Å². The van der Waals surface area contributed by atoms with Crippen LogP contribution in [0.5, 0.6) is 0 Å². The topological polar surface area (TPSA) is 29.3 Å². The molecule has 2 nitrogen and oxygen atoms in total. The summed E-state index contributed by atoms with van der Waals surface area (Å²) in [6.07, 6.45) is -2.46. The molecule has 2 unspecified atom stereocenters. The Morgan fingerprint density at radius 3 is 2.65 bits per heavy atom. The van der Waals surface area contributed by atoms with Crippen LogP contribution in [-0.4, -0.2) is 19.1 Å². The number of halogens is 4. The lowest BCUT2D eigenvalue weighted by Gasteiger charge is -2.38. The highest BCUT2D eigenvalue weighted by molar-refractivity contribution is 9.10. The Bertz CT molecular complexity index is 476. The minimum absolute atomic E-state index is 0.185. The van der Waals surface area contributed by atoms with E-state index in [0.29, 0.717) is 10.4 Å². The molecule has 2 rings (SSSR count). The van der Waals surface area contributed by atoms with Crippen LogP contribution in [0.3, 0.4) is 0 Å². The number of rotatable bonds is 2. The summed E-state index contributed by atoms with van der Waals surface area (Å²) < 4.78 is 38.5. The quantitative estimate of drug-likeness (QED) is 0.872. The second-order valence-corrected chi connectivity index (χ2v) is 6.09. The number of alkyl halides is 3. The SMILES string of the molecule is CCC1CN(c2ccc(C(F)(F)F)cc2Br)CCC1N. The van der Waals surface area contributed by atoms with E-state index in [0.717, 1.165) is 43.8 Å². The van der Waals surface area contributed by atoms with Crippen molar-refractivity contribution in [2.75, 3.05) is 18.0 Å². The van der Waals surface area contributed by atoms with Crippen molar-refractivity contribution in [2.24, 2.45) is 11.7 Å². The van der Waals surface area contributed by atoms with Gasteiger partial charge in [-0.15, -0.1) is 0 Å². The standard InChI is InChI=1S/C14H18BrF3N2/c1-2-9-8-20(6-5-12(9)19)13-4-3-10(7-11(13)15)14(16,17)18/h3-4,7,9,12H,2,5-6,8,19H2,1H3. The number of hydrogen-bond acceptors (Lipinski definition) is 2. The number of nitrogens with two attached hydrogens (primary N) is 1. The fourth-order valence-corrected chi connectivity index (χ4v) is 3.27. The molecule has 1 aliphatic rings. The van der Waals surface area contributed by atoms with Crippen LogP contribution >= 0.6 is 15.9 Å². The Labute approximate surface area is 125 Å². The molecular formula is C14H18BrF3N2. The van der Waals surface area contributed by atoms with Crippen LogP contribution in [0.15, 0.2) is 22.7 Å². The van der Waals surface area contributed by atoms with E-state index in [9.17, 15) is 13.2 Å². The van der Waals surface area contributed by atoms with Gasteiger partial charge in [0.15, 0.2) is 0 Å². The van der Waals surface area contributed by atoms with E-state index < -0.39 is 11.7 Å². The summed E-state index contributed by atoms with van der Waals surface area (Å²) in [5, 5.41) is 0. The molecule has 0 amide bonds. The average Bonchev–Trinajstić information content (AvgIpc) is 2.38. The number of anilines is 1. The predicted octanol–water partition coefficient (Wildman–Crippen LogP) is 4.03. The van der Waals surface area contributed by atoms with Crippen molar-refractivity contribution in [3.05, 3.63) is 28.2 Å². The zero-order valence-electron chi connectivity index (χ0n) is 11.3. The first kappa shape index (κ1) is 15.6. The Balaban J connectivity index is 2.21. The molecule has 6 heteroatoms. The second-order valence-electron chi connectivity index (χ2n) is 5.23. The van der Waals surface area contributed by atoms with Crippen LogP contribution in [0.1, 0.15) is 25.3 Å². The lowest BCUT2D eigenvalue weighted by atomic mass is 9.90. The van der Waals surface area contributed by atoms with Crippen molar-refractivity contribution in [3.63, 3.8) is 0 Å². The first-order valence-electron chi connectivity index (χ1n) is 6.70. The maximum atomic E-state index is 12.7. The molecule has 1 aliphatic heterocycles. The number of benzene rings is 1. The van der Waals surface area contributed by atoms with Gasteiger partial charge in [-0.2, -0.15) is 13.2 Å². The Morgan fingerprint density at radius 2 is 2.10 bits per heavy atom. The first-order valence-corrected chi connectivity index (χ1v) is 7.49. The molecule has 0 aliphatic carbocycles. The van der Waals surface area contributed by atoms with Crippen LogP contribution in [0, 0.1) is 5.92 Å². The van der Waals surface area contributed by atoms with Gasteiger partial charge in [-0.3, -0.25) is 0 Å². The summed E-state index contributed by atoms with van der Waals surface area (Å²) in [5.74, 6) is 0.387. The normalized spacial score (nSPS) is 24.0. The van der Waals surface area contributed by atoms with Gasteiger partial charge < -0.3 is 10.6 Å². The van der Waals surface area contributed by atoms with E-state index in [4.69, 9.17) is 5.73 Å². The summed E-state index contributed by atoms with van der Waals surface area (Å²) in [5.41, 5.74) is 6.24. The lowest BCUT2D eigenvalue weighted by Crippen LogP contribution is -2.47. The minimum Gasteiger partial charge on any atom is -0.370 e. The molecule has 0 saturated carbocycles. The molecule has 1 aromatic carbocycles. The molecule has 0 aromatic heterocycles. The molecule has 2 N–H and O–H groups in total. The summed E-state index contributed by atoms with van der Waals surface area (Å²) >= 11 is 3.26. The highest BCUT2D eigenvalue weighted by Gasteiger charge is 2.32. The maximum Gasteiger partial charge on any atom is 0.416 e. The number of nitrogens with zero attached hydrogens (tertiary/aromatic N) is 1. The van der Waals surface area contributed by atoms with Gasteiger partial charge >= 0.3 is 6.18 Å². The fourth-order valence-electron chi connectivity index (χ4n) is 2.64. The van der Waals surface area contributed by atoms with E-state index in [2.05, 4.69) is 27.8 Å². The van der Waals surface area contributed by atoms with E-state index in [1.807, 2.05) is 0 Å². The minimum atomic E-state index is -4.31. The summed E-state index contributed by atoms with van der Waals surface area (Å²) in [6.45, 7) is 3.67. The molecule has 0 spiro atoms. The van der Waals surface area contributed by atoms with Gasteiger partial charge in [0.1, 0.15) is 0 Å². The Kier molecular flexibility index (Phi) is 4.64. The summed E-state index contributed by atoms with van der Waals surface area (Å²) in [6, 6.07) is 4.00. The van der Waals surface area contributed by atoms with Crippen LogP contribution in [0.2, 0.25) is 0 Å². The van der Waals surface area contributed by atoms with Gasteiger partial charge in [0.25, 0.3) is 0 Å². The first-order chi connectivity index (χ1) is 9.32. The van der Waals surface area contributed by atoms with Crippen LogP contribution in [-0.2, 0) is 6.18 Å². The molecule has 1 heterocycles. The average molecular weight is 351 g/mol. The smallest absolute Gasteiger partial charge is 0.370 e. The molecule has 0 radical (unpaired) electrons. The van der Waals surface area contributed by atoms with Crippen LogP contribution in [0.25, 0.3) is 0 Å². The summed E-state index contributed by atoms with van der Waals surface area (Å²) in [7, 11) is 0. The van der Waals surface area contributed by atoms with Gasteiger partial charge in [0, 0.05) is 23.6 Å². The van der Waals surface area contributed by atoms with Crippen LogP contribution < -0.4 is 10.6 Å². The molecular weight excluding hydrogens is 333 g/mol. The second kappa shape index (κ2) is 5.93. The molecule has 1 fully saturated rings. The highest BCUT2D eigenvalue weighted by Crippen LogP contribution is 2.36. The summed E-state index contributed by atoms with van der Waals surface area (Å²) in [4.78, 5) is 2.11. The van der Waals surface area contributed by atoms with Crippen molar-refractivity contribution in [1.82, 2.24) is 0 Å². The lowest BCUT2D eigenvalue weighted by molar-refractivity contribution is -0.137. The molecule has 112 valence electrons. The van der Waals surface area contributed by atoms with Gasteiger partial charge in [0.05, 0.1) is 11.3 Å². The molecule has 1 aromatic rings. The van der Waals surface area contributed by atoms with Gasteiger partial charge in [-0.05, 0) is 46.5 Å². The Morgan fingerprint density at radius 1 is 1.40 bits per heavy atom. The zero-order chi connectivity index (χ0) is 14.9. The number of piperidine rings is 1. The van der Waals surface area contributed by atoms with Crippen molar-refractivity contribution in [1.29, 1.82) is 0 Å². The maximum absolute atomic E-state index is 12.7. The van der Waals surface area contributed by atoms with Gasteiger partial charge in [-0.25, -0.2) is 0 Å². The van der Waals surface area contributed by atoms with E-state index in [1.54, 1.807) is 0 Å². The largest absolute Gasteiger partial charge is 0.416 e. The van der Waals surface area contributed by atoms with Crippen LogP contribution in [0.4, 0.5) is 18.9 Å². The van der Waals surface area contributed by atoms with E-state index in [1.165, 1.54) is 6.07 Å². The molecule has 0 bridgehead atoms. The predicted molar refractivity (Wildman–Crippen MR) is 77.7 cm³/mol. The number of hydrogen-bond donors (Lipinski definition) is 1. The van der Waals surface area contributed by atoms with E-state index in [-0.39, 0.29) is 6.04 Å². The fraction of sp³-hybridized carbons (Fsp3) is 0.571. The molecule has 1 saturated heterocycles. The third-order valence-electron chi connectivity index (χ3n) is 3.93. The third kappa shape index (κ3) is 3.28. The molecule has 20 heavy (non-hydrogen) atoms. The van der Waals surface area contributed by atoms with Crippen molar-refractivity contribution < 1.29 is 13.2 Å². The van der Waals surface area contributed by atoms with Crippen molar-refractivity contribution in [2.45, 2.75) is 32.0 Å². The van der Waals surface area contributed by atoms with Crippen molar-refractivity contribution in [3.8, 4) is 0 Å². The van der Waals surface area contributed by atoms with Crippen molar-refractivity contribution >= 4 is 21.6 Å². The zero-order valence-corrected chi connectivity index (χ0v) is 12.8.